The van der Waals surface area contributed by atoms with Gasteiger partial charge in [-0.25, -0.2) is 14.8 Å². The van der Waals surface area contributed by atoms with Crippen LogP contribution < -0.4 is 10.1 Å². The van der Waals surface area contributed by atoms with Crippen LogP contribution in [-0.2, 0) is 42.6 Å². The summed E-state index contributed by atoms with van der Waals surface area (Å²) in [7, 11) is 1.60. The van der Waals surface area contributed by atoms with Gasteiger partial charge in [0.15, 0.2) is 0 Å². The summed E-state index contributed by atoms with van der Waals surface area (Å²) in [6, 6.07) is 13.4. The van der Waals surface area contributed by atoms with E-state index in [1.54, 1.807) is 27.2 Å². The van der Waals surface area contributed by atoms with Gasteiger partial charge in [-0.05, 0) is 91.3 Å². The molecule has 0 fully saturated rings. The summed E-state index contributed by atoms with van der Waals surface area (Å²) in [4.78, 5) is 23.3. The highest BCUT2D eigenvalue weighted by Gasteiger charge is 2.31. The van der Waals surface area contributed by atoms with Gasteiger partial charge in [0, 0.05) is 24.0 Å². The van der Waals surface area contributed by atoms with Gasteiger partial charge in [-0.15, -0.1) is 11.3 Å². The standard InChI is InChI=1S/C33H35N3O4S/c1-33(2,38)31-35-18-27(41-31)30(36-32(37)40-19-20-9-5-4-6-10-20)25-16-28(39-3)34-17-26(25)29-23-13-7-11-21(23)15-22-12-8-14-24(22)29/h4-6,9-10,15-18,30,38H,7-8,11-14,19H2,1-3H3,(H,36,37). The molecule has 212 valence electrons. The number of carbonyl (C=O) groups is 1. The zero-order valence-corrected chi connectivity index (χ0v) is 24.5. The van der Waals surface area contributed by atoms with E-state index >= 15 is 0 Å². The minimum absolute atomic E-state index is 0.156. The Balaban J connectivity index is 1.46. The van der Waals surface area contributed by atoms with E-state index in [0.717, 1.165) is 60.1 Å². The fourth-order valence-corrected chi connectivity index (χ4v) is 7.03. The van der Waals surface area contributed by atoms with Crippen molar-refractivity contribution < 1.29 is 19.4 Å². The van der Waals surface area contributed by atoms with Crippen LogP contribution in [0, 0.1) is 0 Å². The fourth-order valence-electron chi connectivity index (χ4n) is 6.04. The van der Waals surface area contributed by atoms with Gasteiger partial charge in [0.1, 0.15) is 17.2 Å². The summed E-state index contributed by atoms with van der Waals surface area (Å²) in [5.74, 6) is 0.463. The predicted molar refractivity (Wildman–Crippen MR) is 159 cm³/mol. The lowest BCUT2D eigenvalue weighted by Crippen LogP contribution is -2.30. The van der Waals surface area contributed by atoms with E-state index in [-0.39, 0.29) is 6.61 Å². The molecule has 0 radical (unpaired) electrons. The van der Waals surface area contributed by atoms with Gasteiger partial charge < -0.3 is 19.9 Å². The Morgan fingerprint density at radius 2 is 1.73 bits per heavy atom. The van der Waals surface area contributed by atoms with Crippen LogP contribution in [0.2, 0.25) is 0 Å². The van der Waals surface area contributed by atoms with Gasteiger partial charge in [-0.3, -0.25) is 0 Å². The average molecular weight is 570 g/mol. The molecule has 1 unspecified atom stereocenters. The van der Waals surface area contributed by atoms with E-state index in [4.69, 9.17) is 9.47 Å². The lowest BCUT2D eigenvalue weighted by Gasteiger charge is -2.24. The number of alkyl carbamates (subject to hydrolysis) is 1. The third-order valence-electron chi connectivity index (χ3n) is 7.98. The Hall–Kier alpha value is -3.75. The maximum absolute atomic E-state index is 13.3. The maximum atomic E-state index is 13.3. The number of fused-ring (bicyclic) bond motifs is 2. The molecule has 2 aliphatic rings. The summed E-state index contributed by atoms with van der Waals surface area (Å²) in [5, 5.41) is 14.4. The van der Waals surface area contributed by atoms with Gasteiger partial charge in [0.05, 0.1) is 18.0 Å². The summed E-state index contributed by atoms with van der Waals surface area (Å²) in [6.07, 6.45) is 9.61. The number of nitrogens with zero attached hydrogens (tertiary/aromatic N) is 2. The number of ether oxygens (including phenoxy) is 2. The lowest BCUT2D eigenvalue weighted by atomic mass is 9.86. The molecule has 6 rings (SSSR count). The van der Waals surface area contributed by atoms with Crippen molar-refractivity contribution in [3.63, 3.8) is 0 Å². The first-order chi connectivity index (χ1) is 19.8. The summed E-state index contributed by atoms with van der Waals surface area (Å²) < 4.78 is 11.2. The van der Waals surface area contributed by atoms with Crippen molar-refractivity contribution >= 4 is 17.4 Å². The van der Waals surface area contributed by atoms with Crippen molar-refractivity contribution in [3.8, 4) is 17.0 Å². The molecule has 2 aliphatic carbocycles. The molecular formula is C33H35N3O4S. The number of hydrogen-bond acceptors (Lipinski definition) is 7. The lowest BCUT2D eigenvalue weighted by molar-refractivity contribution is 0.0783. The number of nitrogens with one attached hydrogen (secondary N) is 1. The summed E-state index contributed by atoms with van der Waals surface area (Å²) in [5.41, 5.74) is 8.56. The molecule has 8 heteroatoms. The van der Waals surface area contributed by atoms with E-state index in [1.807, 2.05) is 42.6 Å². The second-order valence-corrected chi connectivity index (χ2v) is 12.4. The molecule has 41 heavy (non-hydrogen) atoms. The van der Waals surface area contributed by atoms with E-state index in [1.165, 1.54) is 39.2 Å². The first-order valence-corrected chi connectivity index (χ1v) is 15.0. The summed E-state index contributed by atoms with van der Waals surface area (Å²) >= 11 is 1.37. The number of aliphatic hydroxyl groups is 1. The van der Waals surface area contributed by atoms with Crippen LogP contribution in [0.25, 0.3) is 11.1 Å². The minimum atomic E-state index is -1.11. The molecule has 2 heterocycles. The molecule has 1 atom stereocenters. The molecule has 7 nitrogen and oxygen atoms in total. The number of aromatic nitrogens is 2. The first-order valence-electron chi connectivity index (χ1n) is 14.2. The highest BCUT2D eigenvalue weighted by Crippen LogP contribution is 2.45. The monoisotopic (exact) mass is 569 g/mol. The number of carbonyl (C=O) groups excluding carboxylic acids is 1. The molecule has 2 aromatic carbocycles. The molecule has 0 saturated carbocycles. The Bertz CT molecular complexity index is 1540. The van der Waals surface area contributed by atoms with Crippen molar-refractivity contribution in [2.24, 2.45) is 0 Å². The van der Waals surface area contributed by atoms with E-state index in [9.17, 15) is 9.90 Å². The van der Waals surface area contributed by atoms with Crippen LogP contribution in [0.1, 0.15) is 76.0 Å². The third-order valence-corrected chi connectivity index (χ3v) is 9.35. The molecular weight excluding hydrogens is 534 g/mol. The van der Waals surface area contributed by atoms with Crippen molar-refractivity contribution in [2.45, 2.75) is 70.6 Å². The van der Waals surface area contributed by atoms with E-state index < -0.39 is 17.7 Å². The van der Waals surface area contributed by atoms with Crippen LogP contribution in [0.3, 0.4) is 0 Å². The fraction of sp³-hybridized carbons (Fsp3) is 0.364. The zero-order chi connectivity index (χ0) is 28.6. The molecule has 2 N–H and O–H groups in total. The van der Waals surface area contributed by atoms with Crippen LogP contribution in [-0.4, -0.2) is 28.3 Å². The molecule has 0 spiro atoms. The van der Waals surface area contributed by atoms with Gasteiger partial charge in [0.2, 0.25) is 5.88 Å². The number of hydrogen-bond donors (Lipinski definition) is 2. The Morgan fingerprint density at radius 3 is 2.37 bits per heavy atom. The summed E-state index contributed by atoms with van der Waals surface area (Å²) in [6.45, 7) is 3.58. The Kier molecular flexibility index (Phi) is 7.53. The van der Waals surface area contributed by atoms with Gasteiger partial charge in [0.25, 0.3) is 0 Å². The van der Waals surface area contributed by atoms with Crippen molar-refractivity contribution in [2.75, 3.05) is 7.11 Å². The molecule has 4 aromatic rings. The van der Waals surface area contributed by atoms with Crippen molar-refractivity contribution in [1.29, 1.82) is 0 Å². The number of thiazole rings is 1. The molecule has 2 aromatic heterocycles. The predicted octanol–water partition coefficient (Wildman–Crippen LogP) is 6.43. The third kappa shape index (κ3) is 5.59. The SMILES string of the molecule is COc1cc(C(NC(=O)OCc2ccccc2)c2cnc(C(C)(C)O)s2)c(-c2c3c(cc4c2CCC4)CCC3)cn1. The van der Waals surface area contributed by atoms with E-state index in [2.05, 4.69) is 21.4 Å². The minimum Gasteiger partial charge on any atom is -0.481 e. The van der Waals surface area contributed by atoms with Gasteiger partial charge in [-0.1, -0.05) is 36.4 Å². The highest BCUT2D eigenvalue weighted by atomic mass is 32.1. The first kappa shape index (κ1) is 27.4. The zero-order valence-electron chi connectivity index (χ0n) is 23.7. The normalized spacial score (nSPS) is 14.8. The van der Waals surface area contributed by atoms with Gasteiger partial charge >= 0.3 is 6.09 Å². The quantitative estimate of drug-likeness (QED) is 0.254. The Morgan fingerprint density at radius 1 is 1.02 bits per heavy atom. The highest BCUT2D eigenvalue weighted by molar-refractivity contribution is 7.11. The smallest absolute Gasteiger partial charge is 0.408 e. The number of amides is 1. The Labute approximate surface area is 244 Å². The number of pyridine rings is 1. The number of rotatable bonds is 8. The maximum Gasteiger partial charge on any atom is 0.408 e. The van der Waals surface area contributed by atoms with Crippen LogP contribution in [0.5, 0.6) is 5.88 Å². The van der Waals surface area contributed by atoms with Crippen molar-refractivity contribution in [3.05, 3.63) is 98.1 Å². The molecule has 0 bridgehead atoms. The second kappa shape index (κ2) is 11.3. The molecule has 0 aliphatic heterocycles. The average Bonchev–Trinajstić information content (AvgIpc) is 3.75. The topological polar surface area (TPSA) is 93.6 Å². The van der Waals surface area contributed by atoms with Crippen LogP contribution in [0.15, 0.2) is 54.9 Å². The molecule has 0 saturated heterocycles. The number of benzene rings is 2. The number of aryl methyl sites for hydroxylation is 2. The van der Waals surface area contributed by atoms with Crippen LogP contribution in [0.4, 0.5) is 4.79 Å². The van der Waals surface area contributed by atoms with Crippen LogP contribution >= 0.6 is 11.3 Å². The number of methoxy groups -OCH3 is 1. The molecule has 1 amide bonds. The largest absolute Gasteiger partial charge is 0.481 e. The van der Waals surface area contributed by atoms with Gasteiger partial charge in [-0.2, -0.15) is 0 Å². The van der Waals surface area contributed by atoms with Crippen molar-refractivity contribution in [1.82, 2.24) is 15.3 Å². The van der Waals surface area contributed by atoms with E-state index in [0.29, 0.717) is 10.9 Å². The second-order valence-electron chi connectivity index (χ2n) is 11.3.